The summed E-state index contributed by atoms with van der Waals surface area (Å²) >= 11 is 0. The molecule has 0 fully saturated rings. The van der Waals surface area contributed by atoms with Crippen LogP contribution in [0, 0.1) is 6.92 Å². The molecule has 2 aliphatic rings. The number of amides is 1. The van der Waals surface area contributed by atoms with Crippen LogP contribution in [0.15, 0.2) is 59.8 Å². The molecular weight excluding hydrogens is 342 g/mol. The fourth-order valence-corrected chi connectivity index (χ4v) is 3.70. The van der Waals surface area contributed by atoms with Gasteiger partial charge in [-0.1, -0.05) is 29.8 Å². The van der Waals surface area contributed by atoms with Gasteiger partial charge in [-0.25, -0.2) is 4.79 Å². The zero-order valence-corrected chi connectivity index (χ0v) is 15.4. The third-order valence-electron chi connectivity index (χ3n) is 5.00. The Bertz CT molecular complexity index is 912. The smallest absolute Gasteiger partial charge is 0.336 e. The summed E-state index contributed by atoms with van der Waals surface area (Å²) in [5.41, 5.74) is 4.03. The molecule has 2 aliphatic heterocycles. The lowest BCUT2D eigenvalue weighted by Gasteiger charge is -2.32. The van der Waals surface area contributed by atoms with Crippen LogP contribution in [-0.4, -0.2) is 25.1 Å². The largest absolute Gasteiger partial charge is 0.494 e. The number of aryl methyl sites for hydroxylation is 1. The monoisotopic (exact) mass is 363 g/mol. The predicted molar refractivity (Wildman–Crippen MR) is 102 cm³/mol. The van der Waals surface area contributed by atoms with Crippen LogP contribution >= 0.6 is 0 Å². The summed E-state index contributed by atoms with van der Waals surface area (Å²) in [5.74, 6) is 0.107. The van der Waals surface area contributed by atoms with Gasteiger partial charge in [-0.2, -0.15) is 0 Å². The van der Waals surface area contributed by atoms with Crippen LogP contribution in [-0.2, 0) is 14.3 Å². The maximum Gasteiger partial charge on any atom is 0.336 e. The van der Waals surface area contributed by atoms with Crippen LogP contribution in [0.4, 0.5) is 5.69 Å². The van der Waals surface area contributed by atoms with Gasteiger partial charge in [-0.15, -0.1) is 0 Å². The Hall–Kier alpha value is -3.08. The normalized spacial score (nSPS) is 19.2. The quantitative estimate of drug-likeness (QED) is 0.777. The van der Waals surface area contributed by atoms with Crippen LogP contribution in [0.25, 0.3) is 0 Å². The summed E-state index contributed by atoms with van der Waals surface area (Å²) in [5, 5.41) is 0. The first-order valence-corrected chi connectivity index (χ1v) is 9.11. The summed E-state index contributed by atoms with van der Waals surface area (Å²) in [6.45, 7) is 4.64. The van der Waals surface area contributed by atoms with Crippen LogP contribution < -0.4 is 9.64 Å². The van der Waals surface area contributed by atoms with Gasteiger partial charge in [0.2, 0.25) is 5.91 Å². The highest BCUT2D eigenvalue weighted by Gasteiger charge is 2.42. The lowest BCUT2D eigenvalue weighted by molar-refractivity contribution is -0.136. The standard InChI is InChI=1S/C22H21NO4/c1-3-26-17-10-6-15(7-11-17)18-12-20(24)23(16-8-4-14(2)5-9-16)19-13-27-22(25)21(18)19/h4-11,18H,3,12-13H2,1-2H3/t18-/m1/s1. The van der Waals surface area contributed by atoms with Crippen LogP contribution in [0.3, 0.4) is 0 Å². The molecule has 0 aromatic heterocycles. The SMILES string of the molecule is CCOc1ccc([C@H]2CC(=O)N(c3ccc(C)cc3)C3=C2C(=O)OC3)cc1. The molecule has 0 N–H and O–H groups in total. The van der Waals surface area contributed by atoms with Gasteiger partial charge in [0.15, 0.2) is 0 Å². The van der Waals surface area contributed by atoms with Crippen LogP contribution in [0.5, 0.6) is 5.75 Å². The number of esters is 1. The Morgan fingerprint density at radius 2 is 1.78 bits per heavy atom. The van der Waals surface area contributed by atoms with Crippen molar-refractivity contribution < 1.29 is 19.1 Å². The maximum absolute atomic E-state index is 13.0. The number of rotatable bonds is 4. The van der Waals surface area contributed by atoms with Crippen molar-refractivity contribution in [1.82, 2.24) is 0 Å². The van der Waals surface area contributed by atoms with Gasteiger partial charge in [-0.05, 0) is 43.7 Å². The Labute approximate surface area is 158 Å². The number of hydrogen-bond acceptors (Lipinski definition) is 4. The molecule has 1 amide bonds. The number of carbonyl (C=O) groups excluding carboxylic acids is 2. The summed E-state index contributed by atoms with van der Waals surface area (Å²) in [6, 6.07) is 15.3. The molecule has 0 bridgehead atoms. The molecule has 0 saturated carbocycles. The van der Waals surface area contributed by atoms with E-state index in [9.17, 15) is 9.59 Å². The summed E-state index contributed by atoms with van der Waals surface area (Å²) in [4.78, 5) is 27.1. The van der Waals surface area contributed by atoms with E-state index in [1.54, 1.807) is 4.90 Å². The molecular formula is C22H21NO4. The van der Waals surface area contributed by atoms with E-state index in [-0.39, 0.29) is 30.8 Å². The van der Waals surface area contributed by atoms with E-state index in [1.165, 1.54) is 0 Å². The van der Waals surface area contributed by atoms with Crippen molar-refractivity contribution in [2.45, 2.75) is 26.2 Å². The number of anilines is 1. The Kier molecular flexibility index (Phi) is 4.44. The molecule has 4 rings (SSSR count). The molecule has 5 heteroatoms. The lowest BCUT2D eigenvalue weighted by Crippen LogP contribution is -2.37. The fourth-order valence-electron chi connectivity index (χ4n) is 3.70. The molecule has 138 valence electrons. The number of benzene rings is 2. The van der Waals surface area contributed by atoms with Crippen LogP contribution in [0.1, 0.15) is 30.4 Å². The van der Waals surface area contributed by atoms with E-state index in [2.05, 4.69) is 0 Å². The molecule has 2 aromatic rings. The number of cyclic esters (lactones) is 1. The van der Waals surface area contributed by atoms with Crippen molar-refractivity contribution in [1.29, 1.82) is 0 Å². The molecule has 2 heterocycles. The minimum Gasteiger partial charge on any atom is -0.494 e. The molecule has 27 heavy (non-hydrogen) atoms. The zero-order valence-electron chi connectivity index (χ0n) is 15.4. The van der Waals surface area contributed by atoms with Gasteiger partial charge in [0.1, 0.15) is 12.4 Å². The Morgan fingerprint density at radius 3 is 2.44 bits per heavy atom. The van der Waals surface area contributed by atoms with E-state index >= 15 is 0 Å². The van der Waals surface area contributed by atoms with Crippen LogP contribution in [0.2, 0.25) is 0 Å². The first-order chi connectivity index (χ1) is 13.1. The van der Waals surface area contributed by atoms with Crippen molar-refractivity contribution in [3.05, 3.63) is 70.9 Å². The lowest BCUT2D eigenvalue weighted by atomic mass is 9.84. The second-order valence-electron chi connectivity index (χ2n) is 6.76. The number of hydrogen-bond donors (Lipinski definition) is 0. The van der Waals surface area contributed by atoms with Gasteiger partial charge < -0.3 is 9.47 Å². The second kappa shape index (κ2) is 6.91. The molecule has 1 atom stereocenters. The highest BCUT2D eigenvalue weighted by molar-refractivity contribution is 6.06. The summed E-state index contributed by atoms with van der Waals surface area (Å²) in [6.07, 6.45) is 0.232. The third kappa shape index (κ3) is 3.10. The number of carbonyl (C=O) groups is 2. The molecule has 0 spiro atoms. The van der Waals surface area contributed by atoms with Crippen molar-refractivity contribution in [3.8, 4) is 5.75 Å². The molecule has 0 radical (unpaired) electrons. The fraction of sp³-hybridized carbons (Fsp3) is 0.273. The minimum absolute atomic E-state index is 0.0326. The molecule has 5 nitrogen and oxygen atoms in total. The average molecular weight is 363 g/mol. The number of ether oxygens (including phenoxy) is 2. The third-order valence-corrected chi connectivity index (χ3v) is 5.00. The first-order valence-electron chi connectivity index (χ1n) is 9.11. The molecule has 0 unspecified atom stereocenters. The minimum atomic E-state index is -0.339. The van der Waals surface area contributed by atoms with Gasteiger partial charge in [0.05, 0.1) is 17.9 Å². The van der Waals surface area contributed by atoms with Gasteiger partial charge in [-0.3, -0.25) is 9.69 Å². The highest BCUT2D eigenvalue weighted by Crippen LogP contribution is 2.42. The Morgan fingerprint density at radius 1 is 1.07 bits per heavy atom. The van der Waals surface area contributed by atoms with E-state index in [0.29, 0.717) is 17.9 Å². The molecule has 0 aliphatic carbocycles. The Balaban J connectivity index is 1.74. The average Bonchev–Trinajstić information content (AvgIpc) is 3.05. The maximum atomic E-state index is 13.0. The topological polar surface area (TPSA) is 55.8 Å². The predicted octanol–water partition coefficient (Wildman–Crippen LogP) is 3.73. The molecule has 2 aromatic carbocycles. The van der Waals surface area contributed by atoms with E-state index in [1.807, 2.05) is 62.4 Å². The second-order valence-corrected chi connectivity index (χ2v) is 6.76. The van der Waals surface area contributed by atoms with Crippen molar-refractivity contribution >= 4 is 17.6 Å². The van der Waals surface area contributed by atoms with E-state index in [0.717, 1.165) is 22.6 Å². The summed E-state index contributed by atoms with van der Waals surface area (Å²) < 4.78 is 10.8. The van der Waals surface area contributed by atoms with E-state index < -0.39 is 0 Å². The van der Waals surface area contributed by atoms with Gasteiger partial charge in [0.25, 0.3) is 0 Å². The van der Waals surface area contributed by atoms with Crippen molar-refractivity contribution in [2.24, 2.45) is 0 Å². The highest BCUT2D eigenvalue weighted by atomic mass is 16.5. The van der Waals surface area contributed by atoms with Gasteiger partial charge in [0, 0.05) is 18.0 Å². The van der Waals surface area contributed by atoms with E-state index in [4.69, 9.17) is 9.47 Å². The first kappa shape index (κ1) is 17.3. The van der Waals surface area contributed by atoms with Gasteiger partial charge >= 0.3 is 5.97 Å². The number of nitrogens with zero attached hydrogens (tertiary/aromatic N) is 1. The van der Waals surface area contributed by atoms with Crippen molar-refractivity contribution in [3.63, 3.8) is 0 Å². The zero-order chi connectivity index (χ0) is 19.0. The van der Waals surface area contributed by atoms with Crippen molar-refractivity contribution in [2.75, 3.05) is 18.1 Å². The summed E-state index contributed by atoms with van der Waals surface area (Å²) in [7, 11) is 0. The molecule has 0 saturated heterocycles.